The van der Waals surface area contributed by atoms with Gasteiger partial charge in [-0.15, -0.1) is 0 Å². The Morgan fingerprint density at radius 2 is 2.08 bits per heavy atom. The highest BCUT2D eigenvalue weighted by molar-refractivity contribution is 5.72. The Morgan fingerprint density at radius 1 is 1.50 bits per heavy atom. The van der Waals surface area contributed by atoms with Crippen molar-refractivity contribution in [1.82, 2.24) is 0 Å². The van der Waals surface area contributed by atoms with Gasteiger partial charge in [-0.2, -0.15) is 0 Å². The lowest BCUT2D eigenvalue weighted by Gasteiger charge is -2.36. The molecule has 0 aromatic rings. The van der Waals surface area contributed by atoms with Crippen LogP contribution in [0.2, 0.25) is 0 Å². The molecule has 1 fully saturated rings. The summed E-state index contributed by atoms with van der Waals surface area (Å²) in [5, 5.41) is 9.00. The van der Waals surface area contributed by atoms with Crippen LogP contribution in [-0.4, -0.2) is 41.2 Å². The molecule has 0 bridgehead atoms. The van der Waals surface area contributed by atoms with E-state index in [2.05, 4.69) is 13.8 Å². The fourth-order valence-electron chi connectivity index (χ4n) is 2.37. The van der Waals surface area contributed by atoms with Gasteiger partial charge in [-0.1, -0.05) is 0 Å². The van der Waals surface area contributed by atoms with E-state index in [1.54, 1.807) is 0 Å². The van der Waals surface area contributed by atoms with Gasteiger partial charge in [-0.3, -0.25) is 0 Å². The van der Waals surface area contributed by atoms with Crippen molar-refractivity contribution in [3.63, 3.8) is 0 Å². The van der Waals surface area contributed by atoms with E-state index < -0.39 is 5.97 Å². The number of quaternary nitrogens is 1. The van der Waals surface area contributed by atoms with Crippen LogP contribution in [0.1, 0.15) is 26.7 Å². The molecule has 0 aromatic heterocycles. The van der Waals surface area contributed by atoms with E-state index >= 15 is 0 Å². The lowest BCUT2D eigenvalue weighted by Crippen LogP contribution is -2.54. The third kappa shape index (κ3) is 1.33. The first kappa shape index (κ1) is 9.52. The number of carbonyl (C=O) groups is 1. The predicted octanol–water partition coefficient (Wildman–Crippen LogP) is 1.09. The summed E-state index contributed by atoms with van der Waals surface area (Å²) >= 11 is 0. The van der Waals surface area contributed by atoms with Crippen LogP contribution in [0.3, 0.4) is 0 Å². The normalized spacial score (nSPS) is 27.3. The van der Waals surface area contributed by atoms with Crippen LogP contribution in [0.4, 0.5) is 0 Å². The van der Waals surface area contributed by atoms with Crippen molar-refractivity contribution in [2.75, 3.05) is 19.6 Å². The second-order valence-corrected chi connectivity index (χ2v) is 3.57. The van der Waals surface area contributed by atoms with E-state index in [1.165, 1.54) is 0 Å². The van der Waals surface area contributed by atoms with E-state index in [9.17, 15) is 4.79 Å². The molecule has 3 heteroatoms. The van der Waals surface area contributed by atoms with Crippen LogP contribution in [0, 0.1) is 0 Å². The van der Waals surface area contributed by atoms with Crippen LogP contribution < -0.4 is 0 Å². The molecule has 1 heterocycles. The Labute approximate surface area is 73.6 Å². The SMILES string of the molecule is CC[N+]1(CC)CCC[C@@H]1C(=O)O. The van der Waals surface area contributed by atoms with Crippen molar-refractivity contribution in [1.29, 1.82) is 0 Å². The largest absolute Gasteiger partial charge is 0.477 e. The van der Waals surface area contributed by atoms with Gasteiger partial charge in [0.1, 0.15) is 0 Å². The minimum absolute atomic E-state index is 0.139. The molecule has 1 aliphatic heterocycles. The Morgan fingerprint density at radius 3 is 2.42 bits per heavy atom. The van der Waals surface area contributed by atoms with Crippen LogP contribution in [0.5, 0.6) is 0 Å². The molecule has 1 saturated heterocycles. The van der Waals surface area contributed by atoms with Crippen LogP contribution in [0.25, 0.3) is 0 Å². The maximum absolute atomic E-state index is 10.9. The van der Waals surface area contributed by atoms with E-state index in [4.69, 9.17) is 5.11 Å². The Kier molecular flexibility index (Phi) is 2.73. The van der Waals surface area contributed by atoms with Crippen LogP contribution >= 0.6 is 0 Å². The Bertz CT molecular complexity index is 175. The molecule has 3 nitrogen and oxygen atoms in total. The Balaban J connectivity index is 2.78. The van der Waals surface area contributed by atoms with Gasteiger partial charge in [0.05, 0.1) is 19.6 Å². The first-order valence-electron chi connectivity index (χ1n) is 4.75. The molecule has 0 unspecified atom stereocenters. The number of carboxylic acids is 1. The molecule has 0 spiro atoms. The monoisotopic (exact) mass is 172 g/mol. The average Bonchev–Trinajstić information content (AvgIpc) is 2.48. The highest BCUT2D eigenvalue weighted by atomic mass is 16.4. The molecule has 1 rings (SSSR count). The zero-order valence-electron chi connectivity index (χ0n) is 7.92. The summed E-state index contributed by atoms with van der Waals surface area (Å²) in [4.78, 5) is 10.9. The smallest absolute Gasteiger partial charge is 0.362 e. The first-order valence-corrected chi connectivity index (χ1v) is 4.75. The minimum atomic E-state index is -0.615. The molecule has 1 atom stereocenters. The number of hydrogen-bond acceptors (Lipinski definition) is 1. The van der Waals surface area contributed by atoms with Crippen LogP contribution in [-0.2, 0) is 4.79 Å². The van der Waals surface area contributed by atoms with Gasteiger partial charge < -0.3 is 9.59 Å². The standard InChI is InChI=1S/C9H17NO2/c1-3-10(4-2)7-5-6-8(10)9(11)12/h8H,3-7H2,1-2H3/p+1/t8-/m1/s1. The second-order valence-electron chi connectivity index (χ2n) is 3.57. The van der Waals surface area contributed by atoms with Crippen LogP contribution in [0.15, 0.2) is 0 Å². The average molecular weight is 172 g/mol. The third-order valence-electron chi connectivity index (χ3n) is 3.29. The molecular weight excluding hydrogens is 154 g/mol. The highest BCUT2D eigenvalue weighted by Gasteiger charge is 2.43. The molecule has 0 radical (unpaired) electrons. The van der Waals surface area contributed by atoms with Gasteiger partial charge in [0, 0.05) is 12.8 Å². The number of hydrogen-bond donors (Lipinski definition) is 1. The van der Waals surface area contributed by atoms with Crippen molar-refractivity contribution in [2.45, 2.75) is 32.7 Å². The number of aliphatic carboxylic acids is 1. The zero-order valence-corrected chi connectivity index (χ0v) is 7.92. The maximum atomic E-state index is 10.9. The van der Waals surface area contributed by atoms with Gasteiger partial charge in [-0.05, 0) is 13.8 Å². The van der Waals surface area contributed by atoms with Crippen molar-refractivity contribution in [2.24, 2.45) is 0 Å². The quantitative estimate of drug-likeness (QED) is 0.647. The van der Waals surface area contributed by atoms with Crippen molar-refractivity contribution >= 4 is 5.97 Å². The summed E-state index contributed by atoms with van der Waals surface area (Å²) in [5.74, 6) is -0.615. The molecule has 12 heavy (non-hydrogen) atoms. The molecule has 1 aliphatic rings. The van der Waals surface area contributed by atoms with E-state index in [0.717, 1.165) is 37.0 Å². The zero-order chi connectivity index (χ0) is 9.19. The summed E-state index contributed by atoms with van der Waals surface area (Å²) in [7, 11) is 0. The molecule has 0 aliphatic carbocycles. The first-order chi connectivity index (χ1) is 5.66. The fourth-order valence-corrected chi connectivity index (χ4v) is 2.37. The van der Waals surface area contributed by atoms with Gasteiger partial charge >= 0.3 is 5.97 Å². The topological polar surface area (TPSA) is 37.3 Å². The lowest BCUT2D eigenvalue weighted by molar-refractivity contribution is -0.928. The van der Waals surface area contributed by atoms with Crippen molar-refractivity contribution in [3.8, 4) is 0 Å². The number of nitrogens with zero attached hydrogens (tertiary/aromatic N) is 1. The van der Waals surface area contributed by atoms with Crippen molar-refractivity contribution in [3.05, 3.63) is 0 Å². The molecule has 70 valence electrons. The van der Waals surface area contributed by atoms with E-state index in [-0.39, 0.29) is 6.04 Å². The maximum Gasteiger partial charge on any atom is 0.362 e. The van der Waals surface area contributed by atoms with Gasteiger partial charge in [-0.25, -0.2) is 4.79 Å². The fraction of sp³-hybridized carbons (Fsp3) is 0.889. The van der Waals surface area contributed by atoms with Gasteiger partial charge in [0.25, 0.3) is 0 Å². The summed E-state index contributed by atoms with van der Waals surface area (Å²) in [6.45, 7) is 7.13. The van der Waals surface area contributed by atoms with Crippen molar-refractivity contribution < 1.29 is 14.4 Å². The van der Waals surface area contributed by atoms with E-state index in [0.29, 0.717) is 0 Å². The number of likely N-dealkylation sites (tertiary alicyclic amines) is 1. The molecule has 0 aromatic carbocycles. The number of likely N-dealkylation sites (N-methyl/N-ethyl adjacent to an activating group) is 1. The molecular formula is C9H18NO2+. The number of carboxylic acid groups (broad SMARTS) is 1. The summed E-state index contributed by atoms with van der Waals surface area (Å²) in [5.41, 5.74) is 0. The predicted molar refractivity (Wildman–Crippen MR) is 46.9 cm³/mol. The second kappa shape index (κ2) is 3.44. The molecule has 1 N–H and O–H groups in total. The Hall–Kier alpha value is -0.570. The van der Waals surface area contributed by atoms with E-state index in [1.807, 2.05) is 0 Å². The minimum Gasteiger partial charge on any atom is -0.477 e. The molecule has 0 saturated carbocycles. The van der Waals surface area contributed by atoms with Gasteiger partial charge in [0.15, 0.2) is 6.04 Å². The summed E-state index contributed by atoms with van der Waals surface area (Å²) < 4.78 is 0.787. The molecule has 0 amide bonds. The third-order valence-corrected chi connectivity index (χ3v) is 3.29. The number of rotatable bonds is 3. The lowest BCUT2D eigenvalue weighted by atomic mass is 10.2. The van der Waals surface area contributed by atoms with Gasteiger partial charge in [0.2, 0.25) is 0 Å². The summed E-state index contributed by atoms with van der Waals surface area (Å²) in [6, 6.07) is -0.139. The summed E-state index contributed by atoms with van der Waals surface area (Å²) in [6.07, 6.45) is 1.93. The highest BCUT2D eigenvalue weighted by Crippen LogP contribution is 2.26.